The predicted molar refractivity (Wildman–Crippen MR) is 68.0 cm³/mol. The highest BCUT2D eigenvalue weighted by Crippen LogP contribution is 2.16. The number of carbonyl (C=O) groups is 2. The van der Waals surface area contributed by atoms with Crippen LogP contribution in [0, 0.1) is 5.92 Å². The second-order valence-corrected chi connectivity index (χ2v) is 4.96. The summed E-state index contributed by atoms with van der Waals surface area (Å²) in [6, 6.07) is 3.22. The quantitative estimate of drug-likeness (QED) is 0.848. The molecule has 0 saturated carbocycles. The first-order valence-corrected chi connectivity index (χ1v) is 6.29. The molecular formula is C13H18N2O4. The Morgan fingerprint density at radius 3 is 2.84 bits per heavy atom. The molecule has 2 rings (SSSR count). The standard InChI is InChI=1S/C13H18N2O4/c1-8(2)15-5-3-4-11(15)12(16)14-10-7-19-6-9(10)13(17)18/h3-5,8-10H,6-7H2,1-2H3,(H,14,16)(H,17,18). The number of carboxylic acid groups (broad SMARTS) is 1. The fourth-order valence-corrected chi connectivity index (χ4v) is 2.22. The van der Waals surface area contributed by atoms with Crippen LogP contribution in [0.1, 0.15) is 30.4 Å². The van der Waals surface area contributed by atoms with Gasteiger partial charge in [-0.25, -0.2) is 0 Å². The minimum Gasteiger partial charge on any atom is -0.481 e. The van der Waals surface area contributed by atoms with Crippen LogP contribution in [0.4, 0.5) is 0 Å². The average molecular weight is 266 g/mol. The van der Waals surface area contributed by atoms with Crippen LogP contribution in [0.15, 0.2) is 18.3 Å². The summed E-state index contributed by atoms with van der Waals surface area (Å²) in [6.07, 6.45) is 1.83. The number of hydrogen-bond donors (Lipinski definition) is 2. The molecule has 1 saturated heterocycles. The summed E-state index contributed by atoms with van der Waals surface area (Å²) >= 11 is 0. The maximum absolute atomic E-state index is 12.2. The van der Waals surface area contributed by atoms with Crippen LogP contribution >= 0.6 is 0 Å². The molecule has 2 atom stereocenters. The van der Waals surface area contributed by atoms with Gasteiger partial charge in [0.15, 0.2) is 0 Å². The van der Waals surface area contributed by atoms with Gasteiger partial charge < -0.3 is 19.7 Å². The van der Waals surface area contributed by atoms with Crippen LogP contribution in [0.5, 0.6) is 0 Å². The van der Waals surface area contributed by atoms with Crippen LogP contribution in [0.3, 0.4) is 0 Å². The third-order valence-corrected chi connectivity index (χ3v) is 3.28. The molecule has 0 aromatic carbocycles. The van der Waals surface area contributed by atoms with Crippen molar-refractivity contribution in [2.45, 2.75) is 25.9 Å². The van der Waals surface area contributed by atoms with E-state index in [4.69, 9.17) is 9.84 Å². The number of nitrogens with zero attached hydrogens (tertiary/aromatic N) is 1. The molecule has 1 amide bonds. The fraction of sp³-hybridized carbons (Fsp3) is 0.538. The van der Waals surface area contributed by atoms with E-state index in [9.17, 15) is 9.59 Å². The Bertz CT molecular complexity index is 481. The van der Waals surface area contributed by atoms with Crippen molar-refractivity contribution < 1.29 is 19.4 Å². The lowest BCUT2D eigenvalue weighted by Crippen LogP contribution is -2.43. The molecular weight excluding hydrogens is 248 g/mol. The van der Waals surface area contributed by atoms with E-state index < -0.39 is 17.9 Å². The van der Waals surface area contributed by atoms with Crippen molar-refractivity contribution in [3.8, 4) is 0 Å². The lowest BCUT2D eigenvalue weighted by atomic mass is 10.0. The Hall–Kier alpha value is -1.82. The van der Waals surface area contributed by atoms with Crippen LogP contribution < -0.4 is 5.32 Å². The molecule has 1 fully saturated rings. The lowest BCUT2D eigenvalue weighted by Gasteiger charge is -2.17. The number of hydrogen-bond acceptors (Lipinski definition) is 3. The highest BCUT2D eigenvalue weighted by atomic mass is 16.5. The Morgan fingerprint density at radius 1 is 1.47 bits per heavy atom. The van der Waals surface area contributed by atoms with Gasteiger partial charge in [-0.15, -0.1) is 0 Å². The van der Waals surface area contributed by atoms with E-state index in [1.54, 1.807) is 12.1 Å². The smallest absolute Gasteiger partial charge is 0.311 e. The average Bonchev–Trinajstić information content (AvgIpc) is 2.96. The number of nitrogens with one attached hydrogen (secondary N) is 1. The molecule has 2 unspecified atom stereocenters. The summed E-state index contributed by atoms with van der Waals surface area (Å²) in [5, 5.41) is 11.8. The first kappa shape index (κ1) is 13.6. The first-order valence-electron chi connectivity index (χ1n) is 6.29. The zero-order chi connectivity index (χ0) is 14.0. The van der Waals surface area contributed by atoms with Crippen molar-refractivity contribution in [3.63, 3.8) is 0 Å². The largest absolute Gasteiger partial charge is 0.481 e. The molecule has 1 aliphatic heterocycles. The molecule has 1 aliphatic rings. The van der Waals surface area contributed by atoms with Crippen LogP contribution in [0.2, 0.25) is 0 Å². The Balaban J connectivity index is 2.09. The maximum Gasteiger partial charge on any atom is 0.311 e. The van der Waals surface area contributed by atoms with Gasteiger partial charge in [0.2, 0.25) is 0 Å². The molecule has 0 spiro atoms. The number of carbonyl (C=O) groups excluding carboxylic acids is 1. The number of carboxylic acids is 1. The Labute approximate surface area is 111 Å². The second kappa shape index (κ2) is 5.44. The molecule has 6 heteroatoms. The van der Waals surface area contributed by atoms with Crippen molar-refractivity contribution in [1.29, 1.82) is 0 Å². The van der Waals surface area contributed by atoms with E-state index in [2.05, 4.69) is 5.32 Å². The fourth-order valence-electron chi connectivity index (χ4n) is 2.22. The van der Waals surface area contributed by atoms with E-state index in [0.717, 1.165) is 0 Å². The maximum atomic E-state index is 12.2. The molecule has 2 heterocycles. The van der Waals surface area contributed by atoms with Gasteiger partial charge in [-0.2, -0.15) is 0 Å². The van der Waals surface area contributed by atoms with Crippen LogP contribution in [-0.2, 0) is 9.53 Å². The van der Waals surface area contributed by atoms with Crippen molar-refractivity contribution in [1.82, 2.24) is 9.88 Å². The SMILES string of the molecule is CC(C)n1cccc1C(=O)NC1COCC1C(=O)O. The summed E-state index contributed by atoms with van der Waals surface area (Å²) in [5.41, 5.74) is 0.533. The zero-order valence-corrected chi connectivity index (χ0v) is 11.0. The number of rotatable bonds is 4. The van der Waals surface area contributed by atoms with Gasteiger partial charge in [0.05, 0.1) is 19.3 Å². The molecule has 0 aliphatic carbocycles. The van der Waals surface area contributed by atoms with Gasteiger partial charge in [0, 0.05) is 12.2 Å². The number of amides is 1. The van der Waals surface area contributed by atoms with Gasteiger partial charge in [0.1, 0.15) is 11.6 Å². The number of ether oxygens (including phenoxy) is 1. The Morgan fingerprint density at radius 2 is 2.21 bits per heavy atom. The highest BCUT2D eigenvalue weighted by Gasteiger charge is 2.35. The van der Waals surface area contributed by atoms with E-state index in [-0.39, 0.29) is 25.2 Å². The molecule has 1 aromatic heterocycles. The van der Waals surface area contributed by atoms with E-state index >= 15 is 0 Å². The summed E-state index contributed by atoms with van der Waals surface area (Å²) in [5.74, 6) is -1.88. The number of aliphatic carboxylic acids is 1. The summed E-state index contributed by atoms with van der Waals surface area (Å²) < 4.78 is 6.97. The van der Waals surface area contributed by atoms with Gasteiger partial charge in [0.25, 0.3) is 5.91 Å². The predicted octanol–water partition coefficient (Wildman–Crippen LogP) is 0.898. The highest BCUT2D eigenvalue weighted by molar-refractivity contribution is 5.93. The second-order valence-electron chi connectivity index (χ2n) is 4.96. The van der Waals surface area contributed by atoms with Crippen LogP contribution in [-0.4, -0.2) is 40.8 Å². The molecule has 6 nitrogen and oxygen atoms in total. The third kappa shape index (κ3) is 2.78. The van der Waals surface area contributed by atoms with Crippen LogP contribution in [0.25, 0.3) is 0 Å². The molecule has 104 valence electrons. The monoisotopic (exact) mass is 266 g/mol. The van der Waals surface area contributed by atoms with Gasteiger partial charge >= 0.3 is 5.97 Å². The van der Waals surface area contributed by atoms with Gasteiger partial charge in [-0.3, -0.25) is 9.59 Å². The van der Waals surface area contributed by atoms with Crippen molar-refractivity contribution in [2.75, 3.05) is 13.2 Å². The summed E-state index contributed by atoms with van der Waals surface area (Å²) in [6.45, 7) is 4.35. The summed E-state index contributed by atoms with van der Waals surface area (Å²) in [4.78, 5) is 23.2. The molecule has 2 N–H and O–H groups in total. The van der Waals surface area contributed by atoms with Gasteiger partial charge in [-0.1, -0.05) is 0 Å². The minimum absolute atomic E-state index is 0.144. The molecule has 1 aromatic rings. The normalized spacial score (nSPS) is 22.7. The van der Waals surface area contributed by atoms with E-state index in [1.807, 2.05) is 24.6 Å². The number of aromatic nitrogens is 1. The van der Waals surface area contributed by atoms with E-state index in [0.29, 0.717) is 5.69 Å². The first-order chi connectivity index (χ1) is 9.00. The molecule has 0 radical (unpaired) electrons. The van der Waals surface area contributed by atoms with Crippen molar-refractivity contribution >= 4 is 11.9 Å². The Kier molecular flexibility index (Phi) is 3.90. The minimum atomic E-state index is -0.943. The van der Waals surface area contributed by atoms with Crippen molar-refractivity contribution in [3.05, 3.63) is 24.0 Å². The van der Waals surface area contributed by atoms with E-state index in [1.165, 1.54) is 0 Å². The zero-order valence-electron chi connectivity index (χ0n) is 11.0. The molecule has 0 bridgehead atoms. The van der Waals surface area contributed by atoms with Gasteiger partial charge in [-0.05, 0) is 26.0 Å². The topological polar surface area (TPSA) is 80.6 Å². The third-order valence-electron chi connectivity index (χ3n) is 3.28. The summed E-state index contributed by atoms with van der Waals surface area (Å²) in [7, 11) is 0. The van der Waals surface area contributed by atoms with Crippen molar-refractivity contribution in [2.24, 2.45) is 5.92 Å². The lowest BCUT2D eigenvalue weighted by molar-refractivity contribution is -0.142. The molecule has 19 heavy (non-hydrogen) atoms.